The van der Waals surface area contributed by atoms with E-state index in [0.29, 0.717) is 24.7 Å². The Balaban J connectivity index is 2.37. The molecule has 1 saturated carbocycles. The first-order valence-electron chi connectivity index (χ1n) is 7.02. The molecule has 0 aromatic heterocycles. The van der Waals surface area contributed by atoms with Gasteiger partial charge in [0.2, 0.25) is 0 Å². The van der Waals surface area contributed by atoms with Gasteiger partial charge in [0, 0.05) is 13.1 Å². The van der Waals surface area contributed by atoms with Crippen LogP contribution in [0.2, 0.25) is 0 Å². The van der Waals surface area contributed by atoms with E-state index < -0.39 is 17.7 Å². The summed E-state index contributed by atoms with van der Waals surface area (Å²) in [6.07, 6.45) is -1.52. The number of benzene rings is 1. The Bertz CT molecular complexity index is 524. The maximum Gasteiger partial charge on any atom is 0.416 e. The van der Waals surface area contributed by atoms with Crippen molar-refractivity contribution in [3.8, 4) is 0 Å². The van der Waals surface area contributed by atoms with Crippen molar-refractivity contribution in [2.45, 2.75) is 32.4 Å². The van der Waals surface area contributed by atoms with Gasteiger partial charge in [-0.2, -0.15) is 13.2 Å². The van der Waals surface area contributed by atoms with Gasteiger partial charge in [-0.25, -0.2) is 4.79 Å². The van der Waals surface area contributed by atoms with Crippen molar-refractivity contribution in [2.75, 3.05) is 18.0 Å². The molecule has 1 aliphatic carbocycles. The zero-order chi connectivity index (χ0) is 15.6. The van der Waals surface area contributed by atoms with Crippen LogP contribution in [-0.4, -0.2) is 24.2 Å². The molecule has 1 aliphatic rings. The van der Waals surface area contributed by atoms with Gasteiger partial charge in [-0.15, -0.1) is 0 Å². The van der Waals surface area contributed by atoms with Crippen LogP contribution in [0.4, 0.5) is 18.9 Å². The van der Waals surface area contributed by atoms with Crippen molar-refractivity contribution in [3.05, 3.63) is 29.3 Å². The third-order valence-corrected chi connectivity index (χ3v) is 3.56. The van der Waals surface area contributed by atoms with Crippen molar-refractivity contribution in [1.29, 1.82) is 0 Å². The first-order valence-corrected chi connectivity index (χ1v) is 7.02. The highest BCUT2D eigenvalue weighted by Gasteiger charge is 2.33. The molecule has 0 saturated heterocycles. The molecule has 21 heavy (non-hydrogen) atoms. The number of carboxylic acid groups (broad SMARTS) is 1. The summed E-state index contributed by atoms with van der Waals surface area (Å²) < 4.78 is 38.2. The highest BCUT2D eigenvalue weighted by Crippen LogP contribution is 2.35. The average Bonchev–Trinajstić information content (AvgIpc) is 3.20. The summed E-state index contributed by atoms with van der Waals surface area (Å²) in [5.74, 6) is -0.798. The first-order chi connectivity index (χ1) is 9.82. The third-order valence-electron chi connectivity index (χ3n) is 3.56. The smallest absolute Gasteiger partial charge is 0.416 e. The number of hydrogen-bond donors (Lipinski definition) is 1. The second-order valence-corrected chi connectivity index (χ2v) is 5.42. The van der Waals surface area contributed by atoms with Gasteiger partial charge in [0.1, 0.15) is 0 Å². The summed E-state index contributed by atoms with van der Waals surface area (Å²) in [6, 6.07) is 2.97. The molecular formula is C15H18F3NO2. The molecule has 1 N–H and O–H groups in total. The van der Waals surface area contributed by atoms with Crippen LogP contribution in [0.15, 0.2) is 18.2 Å². The summed E-state index contributed by atoms with van der Waals surface area (Å²) in [7, 11) is 0. The Kier molecular flexibility index (Phi) is 4.44. The van der Waals surface area contributed by atoms with E-state index in [0.717, 1.165) is 31.4 Å². The molecule has 1 aromatic carbocycles. The standard InChI is InChI=1S/C15H18F3NO2/c1-2-7-19(9-10-3-4-10)13-6-5-11(15(16,17)18)8-12(13)14(20)21/h5-6,8,10H,2-4,7,9H2,1H3,(H,20,21). The van der Waals surface area contributed by atoms with Crippen LogP contribution in [0.3, 0.4) is 0 Å². The molecule has 0 unspecified atom stereocenters. The summed E-state index contributed by atoms with van der Waals surface area (Å²) in [4.78, 5) is 13.2. The summed E-state index contributed by atoms with van der Waals surface area (Å²) in [6.45, 7) is 3.31. The second-order valence-electron chi connectivity index (χ2n) is 5.42. The number of nitrogens with zero attached hydrogens (tertiary/aromatic N) is 1. The van der Waals surface area contributed by atoms with Crippen LogP contribution in [0.1, 0.15) is 42.1 Å². The van der Waals surface area contributed by atoms with Crippen molar-refractivity contribution in [1.82, 2.24) is 0 Å². The molecule has 0 spiro atoms. The van der Waals surface area contributed by atoms with E-state index in [-0.39, 0.29) is 5.56 Å². The zero-order valence-electron chi connectivity index (χ0n) is 11.8. The van der Waals surface area contributed by atoms with Crippen LogP contribution >= 0.6 is 0 Å². The van der Waals surface area contributed by atoms with Crippen LogP contribution in [0.5, 0.6) is 0 Å². The summed E-state index contributed by atoms with van der Waals surface area (Å²) in [5.41, 5.74) is -0.824. The third kappa shape index (κ3) is 3.89. The number of alkyl halides is 3. The lowest BCUT2D eigenvalue weighted by molar-refractivity contribution is -0.137. The zero-order valence-corrected chi connectivity index (χ0v) is 11.8. The Labute approximate surface area is 121 Å². The molecule has 1 fully saturated rings. The number of hydrogen-bond acceptors (Lipinski definition) is 2. The molecular weight excluding hydrogens is 283 g/mol. The van der Waals surface area contributed by atoms with Crippen LogP contribution in [0, 0.1) is 5.92 Å². The van der Waals surface area contributed by atoms with E-state index in [4.69, 9.17) is 0 Å². The Morgan fingerprint density at radius 3 is 2.52 bits per heavy atom. The normalized spacial score (nSPS) is 15.0. The quantitative estimate of drug-likeness (QED) is 0.862. The van der Waals surface area contributed by atoms with E-state index in [2.05, 4.69) is 0 Å². The van der Waals surface area contributed by atoms with E-state index in [9.17, 15) is 23.1 Å². The number of aromatic carboxylic acids is 1. The van der Waals surface area contributed by atoms with E-state index in [1.807, 2.05) is 11.8 Å². The summed E-state index contributed by atoms with van der Waals surface area (Å²) in [5, 5.41) is 9.23. The van der Waals surface area contributed by atoms with Crippen LogP contribution < -0.4 is 4.90 Å². The minimum Gasteiger partial charge on any atom is -0.478 e. The molecule has 0 aliphatic heterocycles. The van der Waals surface area contributed by atoms with Gasteiger partial charge in [0.15, 0.2) is 0 Å². The van der Waals surface area contributed by atoms with Crippen molar-refractivity contribution >= 4 is 11.7 Å². The fourth-order valence-corrected chi connectivity index (χ4v) is 2.35. The number of carboxylic acids is 1. The molecule has 6 heteroatoms. The predicted octanol–water partition coefficient (Wildman–Crippen LogP) is 4.03. The van der Waals surface area contributed by atoms with Crippen molar-refractivity contribution in [3.63, 3.8) is 0 Å². The Morgan fingerprint density at radius 2 is 2.05 bits per heavy atom. The number of carbonyl (C=O) groups is 1. The van der Waals surface area contributed by atoms with Gasteiger partial charge in [-0.1, -0.05) is 6.92 Å². The molecule has 2 rings (SSSR count). The van der Waals surface area contributed by atoms with Gasteiger partial charge in [-0.3, -0.25) is 0 Å². The second kappa shape index (κ2) is 5.95. The lowest BCUT2D eigenvalue weighted by atomic mass is 10.1. The fourth-order valence-electron chi connectivity index (χ4n) is 2.35. The highest BCUT2D eigenvalue weighted by molar-refractivity contribution is 5.94. The minimum absolute atomic E-state index is 0.279. The van der Waals surface area contributed by atoms with Gasteiger partial charge in [0.25, 0.3) is 0 Å². The van der Waals surface area contributed by atoms with E-state index >= 15 is 0 Å². The van der Waals surface area contributed by atoms with Gasteiger partial charge in [-0.05, 0) is 43.4 Å². The lowest BCUT2D eigenvalue weighted by Gasteiger charge is -2.26. The van der Waals surface area contributed by atoms with Gasteiger partial charge in [0.05, 0.1) is 16.8 Å². The topological polar surface area (TPSA) is 40.5 Å². The maximum atomic E-state index is 12.7. The van der Waals surface area contributed by atoms with Gasteiger partial charge < -0.3 is 10.0 Å². The minimum atomic E-state index is -4.53. The molecule has 1 aromatic rings. The molecule has 116 valence electrons. The monoisotopic (exact) mass is 301 g/mol. The molecule has 3 nitrogen and oxygen atoms in total. The van der Waals surface area contributed by atoms with Gasteiger partial charge >= 0.3 is 12.1 Å². The van der Waals surface area contributed by atoms with Crippen molar-refractivity contribution < 1.29 is 23.1 Å². The predicted molar refractivity (Wildman–Crippen MR) is 73.6 cm³/mol. The SMILES string of the molecule is CCCN(CC1CC1)c1ccc(C(F)(F)F)cc1C(=O)O. The molecule has 0 heterocycles. The number of rotatable bonds is 6. The molecule has 0 radical (unpaired) electrons. The number of halogens is 3. The fraction of sp³-hybridized carbons (Fsp3) is 0.533. The van der Waals surface area contributed by atoms with E-state index in [1.54, 1.807) is 0 Å². The largest absolute Gasteiger partial charge is 0.478 e. The Hall–Kier alpha value is -1.72. The molecule has 0 atom stereocenters. The van der Waals surface area contributed by atoms with Crippen LogP contribution in [-0.2, 0) is 6.18 Å². The Morgan fingerprint density at radius 1 is 1.38 bits per heavy atom. The first kappa shape index (κ1) is 15.7. The maximum absolute atomic E-state index is 12.7. The molecule has 0 bridgehead atoms. The van der Waals surface area contributed by atoms with E-state index in [1.165, 1.54) is 6.07 Å². The lowest BCUT2D eigenvalue weighted by Crippen LogP contribution is -2.28. The summed E-state index contributed by atoms with van der Waals surface area (Å²) >= 11 is 0. The van der Waals surface area contributed by atoms with Crippen molar-refractivity contribution in [2.24, 2.45) is 5.92 Å². The molecule has 0 amide bonds. The average molecular weight is 301 g/mol. The number of anilines is 1. The van der Waals surface area contributed by atoms with Crippen LogP contribution in [0.25, 0.3) is 0 Å². The highest BCUT2D eigenvalue weighted by atomic mass is 19.4.